The van der Waals surface area contributed by atoms with Crippen molar-refractivity contribution >= 4 is 0 Å². The van der Waals surface area contributed by atoms with E-state index in [2.05, 4.69) is 27.7 Å². The summed E-state index contributed by atoms with van der Waals surface area (Å²) in [5.41, 5.74) is 0.616. The Morgan fingerprint density at radius 1 is 1.27 bits per heavy atom. The summed E-state index contributed by atoms with van der Waals surface area (Å²) in [5.74, 6) is 1.28. The van der Waals surface area contributed by atoms with Crippen LogP contribution in [0.25, 0.3) is 0 Å². The van der Waals surface area contributed by atoms with E-state index >= 15 is 0 Å². The summed E-state index contributed by atoms with van der Waals surface area (Å²) in [6, 6.07) is 0. The van der Waals surface area contributed by atoms with Gasteiger partial charge in [0, 0.05) is 5.41 Å². The topological polar surface area (TPSA) is 20.2 Å². The molecule has 15 heavy (non-hydrogen) atoms. The SMILES string of the molecule is CCCCC12C(C)CCC(C1O)C2(C)C. The summed E-state index contributed by atoms with van der Waals surface area (Å²) in [6.07, 6.45) is 6.31. The highest BCUT2D eigenvalue weighted by molar-refractivity contribution is 5.18. The number of hydrogen-bond acceptors (Lipinski definition) is 1. The molecule has 3 rings (SSSR count). The maximum absolute atomic E-state index is 10.4. The van der Waals surface area contributed by atoms with Crippen LogP contribution < -0.4 is 0 Å². The van der Waals surface area contributed by atoms with Crippen LogP contribution in [0.3, 0.4) is 0 Å². The predicted molar refractivity (Wildman–Crippen MR) is 63.6 cm³/mol. The average Bonchev–Trinajstić information content (AvgIpc) is 2.17. The van der Waals surface area contributed by atoms with Crippen LogP contribution >= 0.6 is 0 Å². The summed E-state index contributed by atoms with van der Waals surface area (Å²) in [7, 11) is 0. The Kier molecular flexibility index (Phi) is 2.65. The fraction of sp³-hybridized carbons (Fsp3) is 1.00. The molecule has 1 nitrogen and oxygen atoms in total. The lowest BCUT2D eigenvalue weighted by molar-refractivity contribution is -0.288. The van der Waals surface area contributed by atoms with Crippen molar-refractivity contribution in [1.82, 2.24) is 0 Å². The molecule has 1 N–H and O–H groups in total. The van der Waals surface area contributed by atoms with Crippen LogP contribution in [0.1, 0.15) is 59.8 Å². The molecule has 0 aromatic heterocycles. The fourth-order valence-electron chi connectivity index (χ4n) is 4.70. The highest BCUT2D eigenvalue weighted by Crippen LogP contribution is 2.71. The van der Waals surface area contributed by atoms with Crippen molar-refractivity contribution in [2.45, 2.75) is 65.9 Å². The van der Waals surface area contributed by atoms with Gasteiger partial charge in [-0.1, -0.05) is 40.5 Å². The minimum atomic E-state index is -0.0113. The van der Waals surface area contributed by atoms with Crippen molar-refractivity contribution < 1.29 is 5.11 Å². The fourth-order valence-corrected chi connectivity index (χ4v) is 4.70. The zero-order valence-electron chi connectivity index (χ0n) is 10.7. The van der Waals surface area contributed by atoms with E-state index in [0.29, 0.717) is 17.3 Å². The van der Waals surface area contributed by atoms with Gasteiger partial charge in [-0.3, -0.25) is 0 Å². The van der Waals surface area contributed by atoms with Crippen LogP contribution in [0.5, 0.6) is 0 Å². The molecule has 0 amide bonds. The van der Waals surface area contributed by atoms with Gasteiger partial charge < -0.3 is 5.11 Å². The first-order valence-corrected chi connectivity index (χ1v) is 6.66. The summed E-state index contributed by atoms with van der Waals surface area (Å²) >= 11 is 0. The molecule has 0 aromatic carbocycles. The standard InChI is InChI=1S/C14H26O/c1-5-6-9-14-10(2)7-8-11(12(14)15)13(14,3)4/h10-12,15H,5-9H2,1-4H3. The monoisotopic (exact) mass is 210 g/mol. The molecule has 0 aliphatic heterocycles. The highest BCUT2D eigenvalue weighted by Gasteiger charge is 2.69. The molecule has 4 unspecified atom stereocenters. The lowest BCUT2D eigenvalue weighted by Gasteiger charge is -2.72. The van der Waals surface area contributed by atoms with Crippen LogP contribution in [0.4, 0.5) is 0 Å². The Bertz CT molecular complexity index is 240. The van der Waals surface area contributed by atoms with Crippen molar-refractivity contribution in [2.24, 2.45) is 22.7 Å². The summed E-state index contributed by atoms with van der Waals surface area (Å²) in [5, 5.41) is 10.4. The Hall–Kier alpha value is -0.0400. The van der Waals surface area contributed by atoms with Gasteiger partial charge in [0.2, 0.25) is 0 Å². The minimum absolute atomic E-state index is 0.0113. The van der Waals surface area contributed by atoms with Gasteiger partial charge in [0.25, 0.3) is 0 Å². The first-order chi connectivity index (χ1) is 6.98. The largest absolute Gasteiger partial charge is 0.392 e. The number of aliphatic hydroxyl groups is 1. The predicted octanol–water partition coefficient (Wildman–Crippen LogP) is 3.61. The maximum atomic E-state index is 10.4. The summed E-state index contributed by atoms with van der Waals surface area (Å²) in [4.78, 5) is 0. The summed E-state index contributed by atoms with van der Waals surface area (Å²) < 4.78 is 0. The first-order valence-electron chi connectivity index (χ1n) is 6.66. The molecule has 0 saturated heterocycles. The second kappa shape index (κ2) is 3.48. The van der Waals surface area contributed by atoms with E-state index in [1.165, 1.54) is 32.1 Å². The van der Waals surface area contributed by atoms with Crippen LogP contribution in [-0.4, -0.2) is 11.2 Å². The third kappa shape index (κ3) is 1.19. The number of fused-ring (bicyclic) bond motifs is 2. The van der Waals surface area contributed by atoms with Crippen LogP contribution in [0.2, 0.25) is 0 Å². The molecular weight excluding hydrogens is 184 g/mol. The van der Waals surface area contributed by atoms with Gasteiger partial charge in [-0.05, 0) is 36.5 Å². The third-order valence-corrected chi connectivity index (χ3v) is 5.77. The van der Waals surface area contributed by atoms with E-state index in [1.807, 2.05) is 0 Å². The molecule has 3 saturated carbocycles. The second-order valence-corrected chi connectivity index (χ2v) is 6.40. The molecule has 0 heterocycles. The van der Waals surface area contributed by atoms with Crippen LogP contribution in [0, 0.1) is 22.7 Å². The molecule has 2 bridgehead atoms. The van der Waals surface area contributed by atoms with Crippen LogP contribution in [-0.2, 0) is 0 Å². The molecule has 3 aliphatic rings. The molecule has 88 valence electrons. The zero-order chi connectivity index (χ0) is 11.3. The van der Waals surface area contributed by atoms with E-state index in [4.69, 9.17) is 0 Å². The number of hydrogen-bond donors (Lipinski definition) is 1. The zero-order valence-corrected chi connectivity index (χ0v) is 10.7. The van der Waals surface area contributed by atoms with Gasteiger partial charge >= 0.3 is 0 Å². The van der Waals surface area contributed by atoms with Crippen molar-refractivity contribution in [3.8, 4) is 0 Å². The third-order valence-electron chi connectivity index (χ3n) is 5.77. The lowest BCUT2D eigenvalue weighted by Crippen LogP contribution is -2.71. The first kappa shape index (κ1) is 11.4. The molecular formula is C14H26O. The van der Waals surface area contributed by atoms with Crippen molar-refractivity contribution in [1.29, 1.82) is 0 Å². The van der Waals surface area contributed by atoms with Gasteiger partial charge in [0.05, 0.1) is 6.10 Å². The normalized spacial score (nSPS) is 47.4. The highest BCUT2D eigenvalue weighted by atomic mass is 16.3. The van der Waals surface area contributed by atoms with Crippen molar-refractivity contribution in [3.05, 3.63) is 0 Å². The lowest BCUT2D eigenvalue weighted by atomic mass is 9.34. The Balaban J connectivity index is 2.23. The van der Waals surface area contributed by atoms with Crippen molar-refractivity contribution in [3.63, 3.8) is 0 Å². The molecule has 4 atom stereocenters. The molecule has 3 aliphatic carbocycles. The molecule has 1 heteroatoms. The number of unbranched alkanes of at least 4 members (excludes halogenated alkanes) is 1. The summed E-state index contributed by atoms with van der Waals surface area (Å²) in [6.45, 7) is 9.38. The van der Waals surface area contributed by atoms with E-state index in [-0.39, 0.29) is 11.5 Å². The van der Waals surface area contributed by atoms with E-state index < -0.39 is 0 Å². The van der Waals surface area contributed by atoms with Crippen molar-refractivity contribution in [2.75, 3.05) is 0 Å². The molecule has 3 fully saturated rings. The number of aliphatic hydroxyl groups excluding tert-OH is 1. The van der Waals surface area contributed by atoms with Gasteiger partial charge in [-0.15, -0.1) is 0 Å². The quantitative estimate of drug-likeness (QED) is 0.754. The van der Waals surface area contributed by atoms with Gasteiger partial charge in [-0.25, -0.2) is 0 Å². The molecule has 0 radical (unpaired) electrons. The molecule has 0 spiro atoms. The van der Waals surface area contributed by atoms with Gasteiger partial charge in [0.1, 0.15) is 0 Å². The molecule has 0 aromatic rings. The number of rotatable bonds is 3. The second-order valence-electron chi connectivity index (χ2n) is 6.40. The maximum Gasteiger partial charge on any atom is 0.0637 e. The van der Waals surface area contributed by atoms with Gasteiger partial charge in [-0.2, -0.15) is 0 Å². The Morgan fingerprint density at radius 3 is 2.40 bits per heavy atom. The van der Waals surface area contributed by atoms with Crippen LogP contribution in [0.15, 0.2) is 0 Å². The van der Waals surface area contributed by atoms with Gasteiger partial charge in [0.15, 0.2) is 0 Å². The minimum Gasteiger partial charge on any atom is -0.392 e. The van der Waals surface area contributed by atoms with E-state index in [0.717, 1.165) is 0 Å². The smallest absolute Gasteiger partial charge is 0.0637 e. The Morgan fingerprint density at radius 2 is 1.93 bits per heavy atom. The average molecular weight is 210 g/mol. The van der Waals surface area contributed by atoms with E-state index in [9.17, 15) is 5.11 Å². The Labute approximate surface area is 94.3 Å². The van der Waals surface area contributed by atoms with E-state index in [1.54, 1.807) is 0 Å².